The Labute approximate surface area is 92.0 Å². The number of halogens is 1. The van der Waals surface area contributed by atoms with Crippen LogP contribution < -0.4 is 0 Å². The standard InChI is InChI=1S/C11H21ClO2/c1-3-4-7-10(12)8-5-6-9-11(13)14-2/h10H,3-9H2,1-2H3. The zero-order chi connectivity index (χ0) is 10.8. The lowest BCUT2D eigenvalue weighted by Gasteiger charge is -2.07. The minimum Gasteiger partial charge on any atom is -0.469 e. The summed E-state index contributed by atoms with van der Waals surface area (Å²) in [7, 11) is 1.42. The Morgan fingerprint density at radius 1 is 1.29 bits per heavy atom. The van der Waals surface area contributed by atoms with Gasteiger partial charge in [0.05, 0.1) is 7.11 Å². The van der Waals surface area contributed by atoms with Gasteiger partial charge in [0.1, 0.15) is 0 Å². The van der Waals surface area contributed by atoms with Crippen LogP contribution in [0.1, 0.15) is 51.9 Å². The summed E-state index contributed by atoms with van der Waals surface area (Å²) in [6, 6.07) is 0. The van der Waals surface area contributed by atoms with Crippen LogP contribution in [0, 0.1) is 0 Å². The molecule has 0 saturated heterocycles. The zero-order valence-corrected chi connectivity index (χ0v) is 9.98. The first kappa shape index (κ1) is 13.8. The lowest BCUT2D eigenvalue weighted by Crippen LogP contribution is -2.02. The van der Waals surface area contributed by atoms with Crippen molar-refractivity contribution < 1.29 is 9.53 Å². The first-order valence-corrected chi connectivity index (χ1v) is 5.85. The molecule has 1 unspecified atom stereocenters. The molecule has 0 aliphatic heterocycles. The number of hydrogen-bond acceptors (Lipinski definition) is 2. The van der Waals surface area contributed by atoms with E-state index < -0.39 is 0 Å². The van der Waals surface area contributed by atoms with Gasteiger partial charge in [-0.15, -0.1) is 11.6 Å². The van der Waals surface area contributed by atoms with Gasteiger partial charge in [0.2, 0.25) is 0 Å². The van der Waals surface area contributed by atoms with Crippen LogP contribution in [0.3, 0.4) is 0 Å². The lowest BCUT2D eigenvalue weighted by atomic mass is 10.1. The minimum atomic E-state index is -0.121. The third-order valence-corrected chi connectivity index (χ3v) is 2.68. The molecule has 0 heterocycles. The summed E-state index contributed by atoms with van der Waals surface area (Å²) in [6.07, 6.45) is 6.94. The van der Waals surface area contributed by atoms with Crippen LogP contribution in [0.2, 0.25) is 0 Å². The fraction of sp³-hybridized carbons (Fsp3) is 0.909. The molecule has 0 saturated carbocycles. The van der Waals surface area contributed by atoms with E-state index in [1.54, 1.807) is 0 Å². The highest BCUT2D eigenvalue weighted by Crippen LogP contribution is 2.15. The fourth-order valence-corrected chi connectivity index (χ4v) is 1.62. The van der Waals surface area contributed by atoms with Gasteiger partial charge in [-0.25, -0.2) is 0 Å². The second-order valence-corrected chi connectivity index (χ2v) is 4.18. The van der Waals surface area contributed by atoms with Crippen LogP contribution in [0.15, 0.2) is 0 Å². The van der Waals surface area contributed by atoms with Gasteiger partial charge in [0.25, 0.3) is 0 Å². The van der Waals surface area contributed by atoms with Crippen molar-refractivity contribution in [2.45, 2.75) is 57.2 Å². The molecule has 0 aliphatic rings. The molecule has 0 radical (unpaired) electrons. The number of methoxy groups -OCH3 is 1. The van der Waals surface area contributed by atoms with E-state index >= 15 is 0 Å². The number of hydrogen-bond donors (Lipinski definition) is 0. The minimum absolute atomic E-state index is 0.121. The van der Waals surface area contributed by atoms with Crippen LogP contribution in [-0.2, 0) is 9.53 Å². The molecule has 84 valence electrons. The summed E-state index contributed by atoms with van der Waals surface area (Å²) >= 11 is 6.09. The van der Waals surface area contributed by atoms with E-state index in [9.17, 15) is 4.79 Å². The predicted molar refractivity (Wildman–Crippen MR) is 59.7 cm³/mol. The number of alkyl halides is 1. The monoisotopic (exact) mass is 220 g/mol. The molecule has 0 amide bonds. The van der Waals surface area contributed by atoms with Crippen LogP contribution in [0.5, 0.6) is 0 Å². The number of rotatable bonds is 8. The van der Waals surface area contributed by atoms with E-state index in [1.807, 2.05) is 0 Å². The van der Waals surface area contributed by atoms with Gasteiger partial charge in [-0.2, -0.15) is 0 Å². The summed E-state index contributed by atoms with van der Waals surface area (Å²) < 4.78 is 4.55. The normalized spacial score (nSPS) is 12.5. The second kappa shape index (κ2) is 9.32. The Balaban J connectivity index is 3.22. The molecule has 0 fully saturated rings. The summed E-state index contributed by atoms with van der Waals surface area (Å²) in [5, 5.41) is 0.285. The smallest absolute Gasteiger partial charge is 0.305 e. The molecule has 1 atom stereocenters. The van der Waals surface area contributed by atoms with Gasteiger partial charge in [0, 0.05) is 11.8 Å². The Hall–Kier alpha value is -0.240. The Bertz CT molecular complexity index is 148. The van der Waals surface area contributed by atoms with Gasteiger partial charge >= 0.3 is 5.97 Å². The third kappa shape index (κ3) is 8.36. The number of esters is 1. The summed E-state index contributed by atoms with van der Waals surface area (Å²) in [5.74, 6) is -0.121. The summed E-state index contributed by atoms with van der Waals surface area (Å²) in [5.41, 5.74) is 0. The van der Waals surface area contributed by atoms with E-state index in [-0.39, 0.29) is 11.3 Å². The number of unbranched alkanes of at least 4 members (excludes halogenated alkanes) is 2. The van der Waals surface area contributed by atoms with E-state index in [2.05, 4.69) is 11.7 Å². The Morgan fingerprint density at radius 2 is 1.93 bits per heavy atom. The Morgan fingerprint density at radius 3 is 2.50 bits per heavy atom. The van der Waals surface area contributed by atoms with Crippen molar-refractivity contribution >= 4 is 17.6 Å². The van der Waals surface area contributed by atoms with Crippen molar-refractivity contribution in [1.29, 1.82) is 0 Å². The van der Waals surface area contributed by atoms with Gasteiger partial charge < -0.3 is 4.74 Å². The lowest BCUT2D eigenvalue weighted by molar-refractivity contribution is -0.140. The van der Waals surface area contributed by atoms with Gasteiger partial charge in [0.15, 0.2) is 0 Å². The van der Waals surface area contributed by atoms with Gasteiger partial charge in [-0.1, -0.05) is 26.2 Å². The van der Waals surface area contributed by atoms with Gasteiger partial charge in [-0.05, 0) is 19.3 Å². The molecule has 14 heavy (non-hydrogen) atoms. The molecule has 0 aromatic rings. The van der Waals surface area contributed by atoms with Gasteiger partial charge in [-0.3, -0.25) is 4.79 Å². The van der Waals surface area contributed by atoms with E-state index in [1.165, 1.54) is 20.0 Å². The van der Waals surface area contributed by atoms with Crippen LogP contribution in [0.4, 0.5) is 0 Å². The molecule has 0 aromatic carbocycles. The van der Waals surface area contributed by atoms with Crippen LogP contribution in [-0.4, -0.2) is 18.5 Å². The van der Waals surface area contributed by atoms with E-state index in [0.717, 1.165) is 25.7 Å². The first-order chi connectivity index (χ1) is 6.70. The molecular weight excluding hydrogens is 200 g/mol. The molecule has 0 bridgehead atoms. The highest BCUT2D eigenvalue weighted by Gasteiger charge is 2.05. The van der Waals surface area contributed by atoms with Crippen molar-refractivity contribution in [2.75, 3.05) is 7.11 Å². The summed E-state index contributed by atoms with van der Waals surface area (Å²) in [6.45, 7) is 2.17. The zero-order valence-electron chi connectivity index (χ0n) is 9.22. The van der Waals surface area contributed by atoms with Crippen molar-refractivity contribution in [2.24, 2.45) is 0 Å². The average Bonchev–Trinajstić information content (AvgIpc) is 2.21. The molecular formula is C11H21ClO2. The number of carbonyl (C=O) groups is 1. The third-order valence-electron chi connectivity index (χ3n) is 2.25. The second-order valence-electron chi connectivity index (χ2n) is 3.56. The van der Waals surface area contributed by atoms with Crippen molar-refractivity contribution in [1.82, 2.24) is 0 Å². The fourth-order valence-electron chi connectivity index (χ4n) is 1.31. The maximum atomic E-state index is 10.8. The SMILES string of the molecule is CCCCC(Cl)CCCCC(=O)OC. The number of ether oxygens (including phenoxy) is 1. The topological polar surface area (TPSA) is 26.3 Å². The maximum absolute atomic E-state index is 10.8. The largest absolute Gasteiger partial charge is 0.469 e. The first-order valence-electron chi connectivity index (χ1n) is 5.41. The van der Waals surface area contributed by atoms with Crippen molar-refractivity contribution in [3.8, 4) is 0 Å². The quantitative estimate of drug-likeness (QED) is 0.356. The van der Waals surface area contributed by atoms with Crippen LogP contribution >= 0.6 is 11.6 Å². The Kier molecular flexibility index (Phi) is 9.16. The average molecular weight is 221 g/mol. The molecule has 2 nitrogen and oxygen atoms in total. The molecule has 0 aliphatic carbocycles. The maximum Gasteiger partial charge on any atom is 0.305 e. The highest BCUT2D eigenvalue weighted by molar-refractivity contribution is 6.20. The van der Waals surface area contributed by atoms with Crippen molar-refractivity contribution in [3.63, 3.8) is 0 Å². The molecule has 0 spiro atoms. The molecule has 0 aromatic heterocycles. The van der Waals surface area contributed by atoms with E-state index in [0.29, 0.717) is 6.42 Å². The molecule has 3 heteroatoms. The van der Waals surface area contributed by atoms with E-state index in [4.69, 9.17) is 11.6 Å². The van der Waals surface area contributed by atoms with Crippen LogP contribution in [0.25, 0.3) is 0 Å². The molecule has 0 N–H and O–H groups in total. The van der Waals surface area contributed by atoms with Crippen molar-refractivity contribution in [3.05, 3.63) is 0 Å². The number of carbonyl (C=O) groups excluding carboxylic acids is 1. The summed E-state index contributed by atoms with van der Waals surface area (Å²) in [4.78, 5) is 10.8. The highest BCUT2D eigenvalue weighted by atomic mass is 35.5. The molecule has 0 rings (SSSR count). The predicted octanol–water partition coefficient (Wildman–Crippen LogP) is 3.52.